The smallest absolute Gasteiger partial charge is 0.217 e. The Kier molecular flexibility index (Phi) is 3.24. The van der Waals surface area contributed by atoms with E-state index in [1.807, 2.05) is 36.4 Å². The zero-order valence-corrected chi connectivity index (χ0v) is 11.7. The lowest BCUT2D eigenvalue weighted by Gasteiger charge is -2.32. The molecule has 0 aliphatic heterocycles. The lowest BCUT2D eigenvalue weighted by molar-refractivity contribution is -0.120. The molecule has 20 heavy (non-hydrogen) atoms. The normalized spacial score (nSPS) is 19.9. The minimum atomic E-state index is -0.777. The van der Waals surface area contributed by atoms with Crippen LogP contribution in [0.4, 0.5) is 0 Å². The number of amides is 1. The Labute approximate surface area is 122 Å². The van der Waals surface area contributed by atoms with Crippen molar-refractivity contribution in [3.63, 3.8) is 0 Å². The van der Waals surface area contributed by atoms with Crippen molar-refractivity contribution in [3.8, 4) is 11.1 Å². The predicted molar refractivity (Wildman–Crippen MR) is 78.4 cm³/mol. The maximum Gasteiger partial charge on any atom is 0.217 e. The molecule has 2 atom stereocenters. The number of rotatable bonds is 1. The molecule has 4 heteroatoms. The van der Waals surface area contributed by atoms with Gasteiger partial charge in [0.15, 0.2) is 0 Å². The number of fused-ring (bicyclic) bond motifs is 3. The fourth-order valence-corrected chi connectivity index (χ4v) is 2.94. The van der Waals surface area contributed by atoms with Gasteiger partial charge in [-0.3, -0.25) is 4.79 Å². The maximum atomic E-state index is 11.4. The van der Waals surface area contributed by atoms with E-state index >= 15 is 0 Å². The van der Waals surface area contributed by atoms with Gasteiger partial charge in [0.05, 0.1) is 6.04 Å². The molecule has 0 aromatic heterocycles. The second-order valence-corrected chi connectivity index (χ2v) is 5.38. The number of hydrogen-bond donors (Lipinski definition) is 2. The molecule has 0 saturated carbocycles. The van der Waals surface area contributed by atoms with Crippen LogP contribution in [0.5, 0.6) is 0 Å². The van der Waals surface area contributed by atoms with Crippen molar-refractivity contribution in [1.82, 2.24) is 5.32 Å². The Morgan fingerprint density at radius 2 is 1.85 bits per heavy atom. The van der Waals surface area contributed by atoms with Crippen molar-refractivity contribution in [2.24, 2.45) is 0 Å². The second kappa shape index (κ2) is 4.93. The second-order valence-electron chi connectivity index (χ2n) is 4.94. The standard InChI is InChI=1S/C16H14ClNO2/c1-9(19)18-15-14-8-10(17)6-7-12(14)11-4-2-3-5-13(11)16(15)20/h2-8,15-16,20H,1H3,(H,18,19)/t15-,16-/m1/s1. The summed E-state index contributed by atoms with van der Waals surface area (Å²) < 4.78 is 0. The highest BCUT2D eigenvalue weighted by Crippen LogP contribution is 2.45. The molecule has 2 aromatic rings. The molecule has 0 radical (unpaired) electrons. The predicted octanol–water partition coefficient (Wildman–Crippen LogP) is 3.23. The van der Waals surface area contributed by atoms with Crippen molar-refractivity contribution >= 4 is 17.5 Å². The van der Waals surface area contributed by atoms with Crippen molar-refractivity contribution in [2.45, 2.75) is 19.1 Å². The number of carbonyl (C=O) groups excluding carboxylic acids is 1. The van der Waals surface area contributed by atoms with Crippen molar-refractivity contribution in [1.29, 1.82) is 0 Å². The highest BCUT2D eigenvalue weighted by atomic mass is 35.5. The number of aliphatic hydroxyl groups excluding tert-OH is 1. The molecule has 0 bridgehead atoms. The SMILES string of the molecule is CC(=O)N[C@@H]1c2cc(Cl)ccc2-c2ccccc2[C@H]1O. The molecule has 3 nitrogen and oxygen atoms in total. The third kappa shape index (κ3) is 2.09. The van der Waals surface area contributed by atoms with Gasteiger partial charge >= 0.3 is 0 Å². The van der Waals surface area contributed by atoms with Gasteiger partial charge in [-0.05, 0) is 34.4 Å². The highest BCUT2D eigenvalue weighted by molar-refractivity contribution is 6.30. The molecule has 102 valence electrons. The number of carbonyl (C=O) groups is 1. The van der Waals surface area contributed by atoms with Gasteiger partial charge in [0, 0.05) is 11.9 Å². The topological polar surface area (TPSA) is 49.3 Å². The number of benzene rings is 2. The summed E-state index contributed by atoms with van der Waals surface area (Å²) in [5.41, 5.74) is 3.64. The molecule has 1 aliphatic rings. The summed E-state index contributed by atoms with van der Waals surface area (Å²) in [5, 5.41) is 13.9. The molecule has 0 unspecified atom stereocenters. The van der Waals surface area contributed by atoms with Crippen LogP contribution < -0.4 is 5.32 Å². The van der Waals surface area contributed by atoms with Crippen LogP contribution >= 0.6 is 11.6 Å². The molecule has 0 heterocycles. The molecule has 1 aliphatic carbocycles. The first kappa shape index (κ1) is 13.2. The van der Waals surface area contributed by atoms with Gasteiger partial charge in [0.25, 0.3) is 0 Å². The van der Waals surface area contributed by atoms with Crippen molar-refractivity contribution < 1.29 is 9.90 Å². The van der Waals surface area contributed by atoms with Crippen LogP contribution in [0.2, 0.25) is 5.02 Å². The van der Waals surface area contributed by atoms with Crippen LogP contribution in [0.1, 0.15) is 30.2 Å². The molecule has 3 rings (SSSR count). The molecular weight excluding hydrogens is 274 g/mol. The molecule has 0 spiro atoms. The van der Waals surface area contributed by atoms with Crippen molar-refractivity contribution in [2.75, 3.05) is 0 Å². The average molecular weight is 288 g/mol. The highest BCUT2D eigenvalue weighted by Gasteiger charge is 2.32. The van der Waals surface area contributed by atoms with Crippen LogP contribution in [-0.4, -0.2) is 11.0 Å². The molecule has 0 saturated heterocycles. The summed E-state index contributed by atoms with van der Waals surface area (Å²) in [4.78, 5) is 11.4. The van der Waals surface area contributed by atoms with Crippen LogP contribution in [0.3, 0.4) is 0 Å². The number of aliphatic hydroxyl groups is 1. The molecule has 0 fully saturated rings. The largest absolute Gasteiger partial charge is 0.386 e. The van der Waals surface area contributed by atoms with Gasteiger partial charge < -0.3 is 10.4 Å². The van der Waals surface area contributed by atoms with E-state index in [9.17, 15) is 9.90 Å². The van der Waals surface area contributed by atoms with Gasteiger partial charge in [-0.25, -0.2) is 0 Å². The van der Waals surface area contributed by atoms with E-state index in [1.165, 1.54) is 6.92 Å². The fraction of sp³-hybridized carbons (Fsp3) is 0.188. The summed E-state index contributed by atoms with van der Waals surface area (Å²) in [6.45, 7) is 1.44. The van der Waals surface area contributed by atoms with E-state index in [2.05, 4.69) is 5.32 Å². The number of halogens is 1. The molecular formula is C16H14ClNO2. The quantitative estimate of drug-likeness (QED) is 0.846. The monoisotopic (exact) mass is 287 g/mol. The van der Waals surface area contributed by atoms with E-state index in [0.717, 1.165) is 22.3 Å². The third-order valence-electron chi connectivity index (χ3n) is 3.59. The van der Waals surface area contributed by atoms with E-state index in [1.54, 1.807) is 6.07 Å². The summed E-state index contributed by atoms with van der Waals surface area (Å²) in [6.07, 6.45) is -0.777. The first-order chi connectivity index (χ1) is 9.58. The van der Waals surface area contributed by atoms with E-state index in [-0.39, 0.29) is 5.91 Å². The van der Waals surface area contributed by atoms with Crippen LogP contribution in [0, 0.1) is 0 Å². The third-order valence-corrected chi connectivity index (χ3v) is 3.83. The Morgan fingerprint density at radius 3 is 2.60 bits per heavy atom. The average Bonchev–Trinajstić information content (AvgIpc) is 2.43. The van der Waals surface area contributed by atoms with E-state index < -0.39 is 12.1 Å². The zero-order chi connectivity index (χ0) is 14.3. The van der Waals surface area contributed by atoms with E-state index in [0.29, 0.717) is 5.02 Å². The Morgan fingerprint density at radius 1 is 1.15 bits per heavy atom. The van der Waals surface area contributed by atoms with E-state index in [4.69, 9.17) is 11.6 Å². The molecule has 2 aromatic carbocycles. The van der Waals surface area contributed by atoms with Crippen LogP contribution in [-0.2, 0) is 4.79 Å². The lowest BCUT2D eigenvalue weighted by atomic mass is 9.80. The summed E-state index contributed by atoms with van der Waals surface area (Å²) >= 11 is 6.06. The van der Waals surface area contributed by atoms with Gasteiger partial charge in [0.2, 0.25) is 5.91 Å². The van der Waals surface area contributed by atoms with Crippen LogP contribution in [0.25, 0.3) is 11.1 Å². The number of hydrogen-bond acceptors (Lipinski definition) is 2. The molecule has 1 amide bonds. The minimum Gasteiger partial charge on any atom is -0.386 e. The fourth-order valence-electron chi connectivity index (χ4n) is 2.76. The summed E-state index contributed by atoms with van der Waals surface area (Å²) in [7, 11) is 0. The zero-order valence-electron chi connectivity index (χ0n) is 10.9. The number of nitrogens with one attached hydrogen (secondary N) is 1. The van der Waals surface area contributed by atoms with Gasteiger partial charge in [-0.15, -0.1) is 0 Å². The van der Waals surface area contributed by atoms with Gasteiger partial charge in [-0.1, -0.05) is 41.9 Å². The maximum absolute atomic E-state index is 11.4. The first-order valence-electron chi connectivity index (χ1n) is 6.42. The Balaban J connectivity index is 2.22. The van der Waals surface area contributed by atoms with Crippen molar-refractivity contribution in [3.05, 3.63) is 58.6 Å². The first-order valence-corrected chi connectivity index (χ1v) is 6.79. The lowest BCUT2D eigenvalue weighted by Crippen LogP contribution is -2.33. The van der Waals surface area contributed by atoms with Gasteiger partial charge in [0.1, 0.15) is 6.10 Å². The summed E-state index contributed by atoms with van der Waals surface area (Å²) in [5.74, 6) is -0.181. The minimum absolute atomic E-state index is 0.181. The molecule has 2 N–H and O–H groups in total. The Bertz CT molecular complexity index is 684. The van der Waals surface area contributed by atoms with Crippen LogP contribution in [0.15, 0.2) is 42.5 Å². The van der Waals surface area contributed by atoms with Gasteiger partial charge in [-0.2, -0.15) is 0 Å². The summed E-state index contributed by atoms with van der Waals surface area (Å²) in [6, 6.07) is 12.7. The Hall–Kier alpha value is -1.84.